The summed E-state index contributed by atoms with van der Waals surface area (Å²) in [4.78, 5) is 2.17. The van der Waals surface area contributed by atoms with E-state index in [2.05, 4.69) is 9.64 Å². The highest BCUT2D eigenvalue weighted by atomic mass is 19.4. The highest BCUT2D eigenvalue weighted by Crippen LogP contribution is 2.34. The molecule has 1 aromatic rings. The van der Waals surface area contributed by atoms with E-state index in [0.717, 1.165) is 17.7 Å². The summed E-state index contributed by atoms with van der Waals surface area (Å²) < 4.78 is 59.8. The maximum absolute atomic E-state index is 14.2. The number of halogens is 4. The van der Waals surface area contributed by atoms with Crippen LogP contribution in [0.5, 0.6) is 5.75 Å². The topological polar surface area (TPSA) is 21.7 Å². The van der Waals surface area contributed by atoms with Crippen LogP contribution in [0.25, 0.3) is 5.57 Å². The van der Waals surface area contributed by atoms with Crippen LogP contribution in [-0.4, -0.2) is 43.6 Å². The average molecular weight is 317 g/mol. The molecule has 3 rings (SSSR count). The molecule has 0 spiro atoms. The molecule has 2 aliphatic heterocycles. The van der Waals surface area contributed by atoms with E-state index in [1.165, 1.54) is 6.07 Å². The van der Waals surface area contributed by atoms with Gasteiger partial charge in [-0.25, -0.2) is 4.39 Å². The number of likely N-dealkylation sites (N-methyl/N-ethyl adjacent to an activating group) is 1. The molecule has 2 bridgehead atoms. The van der Waals surface area contributed by atoms with Gasteiger partial charge in [-0.05, 0) is 31.2 Å². The van der Waals surface area contributed by atoms with Gasteiger partial charge in [-0.1, -0.05) is 6.08 Å². The summed E-state index contributed by atoms with van der Waals surface area (Å²) in [6.07, 6.45) is -2.31. The summed E-state index contributed by atoms with van der Waals surface area (Å²) in [6.45, 7) is 1.11. The van der Waals surface area contributed by atoms with Crippen molar-refractivity contribution in [3.63, 3.8) is 0 Å². The maximum Gasteiger partial charge on any atom is 0.573 e. The molecule has 2 atom stereocenters. The first kappa shape index (κ1) is 15.3. The molecule has 1 aromatic carbocycles. The molecule has 0 aliphatic carbocycles. The van der Waals surface area contributed by atoms with Crippen molar-refractivity contribution in [1.82, 2.24) is 4.90 Å². The number of ether oxygens (including phenoxy) is 2. The molecule has 0 aromatic heterocycles. The molecular weight excluding hydrogens is 302 g/mol. The number of rotatable bonds is 2. The van der Waals surface area contributed by atoms with E-state index in [0.29, 0.717) is 25.2 Å². The van der Waals surface area contributed by atoms with Crippen molar-refractivity contribution in [3.05, 3.63) is 35.7 Å². The van der Waals surface area contributed by atoms with E-state index in [9.17, 15) is 17.6 Å². The van der Waals surface area contributed by atoms with E-state index >= 15 is 0 Å². The first-order valence-electron chi connectivity index (χ1n) is 6.89. The zero-order valence-electron chi connectivity index (χ0n) is 11.9. The Labute approximate surface area is 125 Å². The summed E-state index contributed by atoms with van der Waals surface area (Å²) in [6, 6.07) is 3.47. The lowest BCUT2D eigenvalue weighted by atomic mass is 9.90. The fourth-order valence-electron chi connectivity index (χ4n) is 2.91. The van der Waals surface area contributed by atoms with Gasteiger partial charge in [0.2, 0.25) is 0 Å². The summed E-state index contributed by atoms with van der Waals surface area (Å²) in [5.41, 5.74) is 1.12. The molecule has 1 fully saturated rings. The van der Waals surface area contributed by atoms with Crippen LogP contribution < -0.4 is 4.74 Å². The van der Waals surface area contributed by atoms with Crippen LogP contribution in [0.4, 0.5) is 17.6 Å². The van der Waals surface area contributed by atoms with Gasteiger partial charge in [0, 0.05) is 17.7 Å². The van der Waals surface area contributed by atoms with Gasteiger partial charge in [0.1, 0.15) is 11.6 Å². The Morgan fingerprint density at radius 3 is 2.68 bits per heavy atom. The molecule has 2 heterocycles. The minimum Gasteiger partial charge on any atom is -0.406 e. The summed E-state index contributed by atoms with van der Waals surface area (Å²) in [5, 5.41) is 0. The monoisotopic (exact) mass is 317 g/mol. The Bertz CT molecular complexity index is 600. The van der Waals surface area contributed by atoms with E-state index < -0.39 is 17.9 Å². The van der Waals surface area contributed by atoms with E-state index in [1.54, 1.807) is 0 Å². The molecule has 2 unspecified atom stereocenters. The van der Waals surface area contributed by atoms with E-state index in [1.807, 2.05) is 13.1 Å². The third-order valence-electron chi connectivity index (χ3n) is 4.07. The quantitative estimate of drug-likeness (QED) is 0.782. The zero-order chi connectivity index (χ0) is 15.9. The second kappa shape index (κ2) is 5.55. The fourth-order valence-corrected chi connectivity index (χ4v) is 2.91. The molecule has 2 aliphatic rings. The molecule has 22 heavy (non-hydrogen) atoms. The van der Waals surface area contributed by atoms with E-state index in [4.69, 9.17) is 4.74 Å². The van der Waals surface area contributed by atoms with Crippen LogP contribution in [0.15, 0.2) is 24.3 Å². The number of alkyl halides is 3. The normalized spacial score (nSPS) is 25.8. The molecule has 0 amide bonds. The Morgan fingerprint density at radius 2 is 2.05 bits per heavy atom. The van der Waals surface area contributed by atoms with Gasteiger partial charge in [0.15, 0.2) is 0 Å². The first-order valence-corrected chi connectivity index (χ1v) is 6.89. The largest absolute Gasteiger partial charge is 0.573 e. The van der Waals surface area contributed by atoms with Crippen LogP contribution in [0, 0.1) is 5.82 Å². The highest BCUT2D eigenvalue weighted by molar-refractivity contribution is 5.68. The molecule has 0 radical (unpaired) electrons. The molecular formula is C15H15F4NO2. The van der Waals surface area contributed by atoms with Crippen molar-refractivity contribution in [3.8, 4) is 5.75 Å². The molecule has 1 saturated heterocycles. The second-order valence-electron chi connectivity index (χ2n) is 5.51. The minimum atomic E-state index is -4.82. The van der Waals surface area contributed by atoms with Crippen LogP contribution in [0.2, 0.25) is 0 Å². The van der Waals surface area contributed by atoms with E-state index in [-0.39, 0.29) is 12.1 Å². The lowest BCUT2D eigenvalue weighted by Gasteiger charge is -2.42. The van der Waals surface area contributed by atoms with Crippen LogP contribution >= 0.6 is 0 Å². The Hall–Kier alpha value is -1.60. The Balaban J connectivity index is 1.86. The van der Waals surface area contributed by atoms with Crippen LogP contribution in [0.1, 0.15) is 12.0 Å². The van der Waals surface area contributed by atoms with Crippen molar-refractivity contribution in [2.75, 3.05) is 20.3 Å². The van der Waals surface area contributed by atoms with Crippen molar-refractivity contribution in [1.29, 1.82) is 0 Å². The fraction of sp³-hybridized carbons (Fsp3) is 0.467. The summed E-state index contributed by atoms with van der Waals surface area (Å²) in [7, 11) is 1.99. The molecule has 0 saturated carbocycles. The number of benzene rings is 1. The SMILES string of the molecule is CN1C2C=C(c3ccc(OC(F)(F)F)cc3F)CC1COC2. The lowest BCUT2D eigenvalue weighted by molar-refractivity contribution is -0.274. The third-order valence-corrected chi connectivity index (χ3v) is 4.07. The van der Waals surface area contributed by atoms with Gasteiger partial charge < -0.3 is 9.47 Å². The van der Waals surface area contributed by atoms with Gasteiger partial charge in [0.05, 0.1) is 19.3 Å². The zero-order valence-corrected chi connectivity index (χ0v) is 11.9. The van der Waals surface area contributed by atoms with Gasteiger partial charge in [0.25, 0.3) is 0 Å². The van der Waals surface area contributed by atoms with Crippen molar-refractivity contribution < 1.29 is 27.0 Å². The highest BCUT2D eigenvalue weighted by Gasteiger charge is 2.34. The van der Waals surface area contributed by atoms with Gasteiger partial charge in [-0.3, -0.25) is 4.90 Å². The maximum atomic E-state index is 14.2. The molecule has 7 heteroatoms. The summed E-state index contributed by atoms with van der Waals surface area (Å²) >= 11 is 0. The minimum absolute atomic E-state index is 0.0630. The standard InChI is InChI=1S/C15H15F4NO2/c1-20-10-4-9(5-11(20)8-21-7-10)13-3-2-12(6-14(13)16)22-15(17,18)19/h2-4,6,10-11H,5,7-8H2,1H3. The number of nitrogens with zero attached hydrogens (tertiary/aromatic N) is 1. The summed E-state index contributed by atoms with van der Waals surface area (Å²) in [5.74, 6) is -1.26. The molecule has 0 N–H and O–H groups in total. The van der Waals surface area contributed by atoms with Gasteiger partial charge in [-0.2, -0.15) is 0 Å². The third kappa shape index (κ3) is 3.10. The van der Waals surface area contributed by atoms with Crippen molar-refractivity contribution >= 4 is 5.57 Å². The van der Waals surface area contributed by atoms with Crippen molar-refractivity contribution in [2.45, 2.75) is 24.9 Å². The number of morpholine rings is 1. The molecule has 3 nitrogen and oxygen atoms in total. The smallest absolute Gasteiger partial charge is 0.406 e. The second-order valence-corrected chi connectivity index (χ2v) is 5.51. The average Bonchev–Trinajstić information content (AvgIpc) is 2.37. The van der Waals surface area contributed by atoms with Gasteiger partial charge in [-0.15, -0.1) is 13.2 Å². The number of hydrogen-bond acceptors (Lipinski definition) is 3. The Kier molecular flexibility index (Phi) is 3.86. The number of hydrogen-bond donors (Lipinski definition) is 0. The Morgan fingerprint density at radius 1 is 1.27 bits per heavy atom. The lowest BCUT2D eigenvalue weighted by Crippen LogP contribution is -2.51. The van der Waals surface area contributed by atoms with Gasteiger partial charge >= 0.3 is 6.36 Å². The van der Waals surface area contributed by atoms with Crippen LogP contribution in [0.3, 0.4) is 0 Å². The number of fused-ring (bicyclic) bond motifs is 2. The first-order chi connectivity index (χ1) is 10.3. The van der Waals surface area contributed by atoms with Crippen molar-refractivity contribution in [2.24, 2.45) is 0 Å². The predicted molar refractivity (Wildman–Crippen MR) is 71.8 cm³/mol. The molecule has 120 valence electrons. The predicted octanol–water partition coefficient (Wildman–Crippen LogP) is 3.21. The van der Waals surface area contributed by atoms with Crippen LogP contribution in [-0.2, 0) is 4.74 Å².